The fraction of sp³-hybridized carbons (Fsp3) is 0.538. The normalized spacial score (nSPS) is 19.8. The van der Waals surface area contributed by atoms with Gasteiger partial charge in [0.1, 0.15) is 18.2 Å². The number of anilines is 1. The summed E-state index contributed by atoms with van der Waals surface area (Å²) in [4.78, 5) is 1.88. The highest BCUT2D eigenvalue weighted by molar-refractivity contribution is 5.51. The average Bonchev–Trinajstić information content (AvgIpc) is 2.36. The van der Waals surface area contributed by atoms with Crippen molar-refractivity contribution in [2.75, 3.05) is 24.6 Å². The first kappa shape index (κ1) is 14.0. The van der Waals surface area contributed by atoms with Gasteiger partial charge >= 0.3 is 0 Å². The summed E-state index contributed by atoms with van der Waals surface area (Å²) in [6.45, 7) is 0.628. The Morgan fingerprint density at radius 2 is 2.21 bits per heavy atom. The predicted octanol–water partition coefficient (Wildman–Crippen LogP) is 2.40. The smallest absolute Gasteiger partial charge is 0.272 e. The number of alkyl halides is 2. The highest BCUT2D eigenvalue weighted by Crippen LogP contribution is 2.26. The van der Waals surface area contributed by atoms with Crippen LogP contribution in [-0.2, 0) is 0 Å². The molecule has 1 saturated heterocycles. The summed E-state index contributed by atoms with van der Waals surface area (Å²) in [6, 6.07) is 4.23. The van der Waals surface area contributed by atoms with Crippen LogP contribution in [0.1, 0.15) is 12.8 Å². The van der Waals surface area contributed by atoms with Crippen molar-refractivity contribution in [3.63, 3.8) is 0 Å². The van der Waals surface area contributed by atoms with Gasteiger partial charge in [-0.05, 0) is 25.0 Å². The number of nitrogens with two attached hydrogens (primary N) is 1. The zero-order valence-electron chi connectivity index (χ0n) is 10.5. The molecule has 0 aliphatic carbocycles. The van der Waals surface area contributed by atoms with E-state index in [1.54, 1.807) is 6.07 Å². The van der Waals surface area contributed by atoms with Crippen LogP contribution in [0.4, 0.5) is 18.9 Å². The topological polar surface area (TPSA) is 38.5 Å². The van der Waals surface area contributed by atoms with E-state index in [4.69, 9.17) is 10.5 Å². The van der Waals surface area contributed by atoms with Gasteiger partial charge in [0, 0.05) is 25.2 Å². The third-order valence-electron chi connectivity index (χ3n) is 3.09. The second-order valence-electron chi connectivity index (χ2n) is 4.66. The van der Waals surface area contributed by atoms with Gasteiger partial charge in [0.25, 0.3) is 6.43 Å². The Morgan fingerprint density at radius 3 is 2.84 bits per heavy atom. The molecule has 106 valence electrons. The van der Waals surface area contributed by atoms with Crippen LogP contribution < -0.4 is 15.4 Å². The number of halogens is 3. The summed E-state index contributed by atoms with van der Waals surface area (Å²) >= 11 is 0. The minimum atomic E-state index is -2.57. The third kappa shape index (κ3) is 3.76. The van der Waals surface area contributed by atoms with Crippen LogP contribution in [0, 0.1) is 5.82 Å². The molecule has 0 radical (unpaired) electrons. The molecule has 1 aromatic rings. The predicted molar refractivity (Wildman–Crippen MR) is 67.3 cm³/mol. The number of ether oxygens (including phenoxy) is 1. The van der Waals surface area contributed by atoms with Crippen molar-refractivity contribution in [1.82, 2.24) is 0 Å². The minimum absolute atomic E-state index is 0.0444. The lowest BCUT2D eigenvalue weighted by Crippen LogP contribution is -2.43. The first-order valence-corrected chi connectivity index (χ1v) is 6.27. The first-order valence-electron chi connectivity index (χ1n) is 6.27. The second-order valence-corrected chi connectivity index (χ2v) is 4.66. The fourth-order valence-corrected chi connectivity index (χ4v) is 2.22. The highest BCUT2D eigenvalue weighted by Gasteiger charge is 2.19. The van der Waals surface area contributed by atoms with E-state index in [2.05, 4.69) is 0 Å². The van der Waals surface area contributed by atoms with Crippen molar-refractivity contribution in [2.24, 2.45) is 5.73 Å². The van der Waals surface area contributed by atoms with Gasteiger partial charge in [0.05, 0.1) is 5.69 Å². The number of benzene rings is 1. The van der Waals surface area contributed by atoms with E-state index in [0.717, 1.165) is 25.5 Å². The molecular formula is C13H17F3N2O. The average molecular weight is 274 g/mol. The van der Waals surface area contributed by atoms with E-state index in [1.165, 1.54) is 6.07 Å². The van der Waals surface area contributed by atoms with E-state index >= 15 is 0 Å². The quantitative estimate of drug-likeness (QED) is 0.916. The van der Waals surface area contributed by atoms with Crippen molar-refractivity contribution < 1.29 is 17.9 Å². The van der Waals surface area contributed by atoms with Crippen molar-refractivity contribution >= 4 is 5.69 Å². The molecule has 1 aliphatic heterocycles. The Bertz CT molecular complexity index is 428. The van der Waals surface area contributed by atoms with E-state index in [1.807, 2.05) is 4.90 Å². The maximum atomic E-state index is 13.9. The molecule has 2 N–H and O–H groups in total. The fourth-order valence-electron chi connectivity index (χ4n) is 2.22. The molecule has 1 fully saturated rings. The molecule has 0 spiro atoms. The SMILES string of the molecule is NC1CCCN(c2ccc(OCC(F)F)cc2F)C1. The van der Waals surface area contributed by atoms with Gasteiger partial charge in [-0.15, -0.1) is 0 Å². The second kappa shape index (κ2) is 6.14. The van der Waals surface area contributed by atoms with Crippen LogP contribution in [0.25, 0.3) is 0 Å². The van der Waals surface area contributed by atoms with Crippen LogP contribution in [0.15, 0.2) is 18.2 Å². The number of nitrogens with zero attached hydrogens (tertiary/aromatic N) is 1. The zero-order valence-corrected chi connectivity index (χ0v) is 10.5. The van der Waals surface area contributed by atoms with Crippen LogP contribution in [0.3, 0.4) is 0 Å². The van der Waals surface area contributed by atoms with E-state index < -0.39 is 18.8 Å². The molecule has 1 aromatic carbocycles. The van der Waals surface area contributed by atoms with E-state index in [0.29, 0.717) is 12.2 Å². The van der Waals surface area contributed by atoms with E-state index in [-0.39, 0.29) is 11.8 Å². The number of hydrogen-bond acceptors (Lipinski definition) is 3. The maximum Gasteiger partial charge on any atom is 0.272 e. The molecule has 1 aliphatic rings. The van der Waals surface area contributed by atoms with Crippen molar-refractivity contribution in [1.29, 1.82) is 0 Å². The summed E-state index contributed by atoms with van der Waals surface area (Å²) < 4.78 is 42.7. The molecule has 1 heterocycles. The molecule has 0 amide bonds. The van der Waals surface area contributed by atoms with Gasteiger partial charge in [0.15, 0.2) is 0 Å². The highest BCUT2D eigenvalue weighted by atomic mass is 19.3. The Morgan fingerprint density at radius 1 is 1.42 bits per heavy atom. The minimum Gasteiger partial charge on any atom is -0.488 e. The van der Waals surface area contributed by atoms with Gasteiger partial charge in [0.2, 0.25) is 0 Å². The Hall–Kier alpha value is -1.43. The lowest BCUT2D eigenvalue weighted by atomic mass is 10.1. The molecule has 1 unspecified atom stereocenters. The molecule has 0 saturated carbocycles. The van der Waals surface area contributed by atoms with Gasteiger partial charge in [-0.1, -0.05) is 0 Å². The molecule has 6 heteroatoms. The number of hydrogen-bond donors (Lipinski definition) is 1. The van der Waals surface area contributed by atoms with Crippen LogP contribution in [0.5, 0.6) is 5.75 Å². The molecule has 2 rings (SSSR count). The van der Waals surface area contributed by atoms with Crippen LogP contribution in [-0.4, -0.2) is 32.2 Å². The van der Waals surface area contributed by atoms with Crippen molar-refractivity contribution in [3.05, 3.63) is 24.0 Å². The summed E-state index contributed by atoms with van der Waals surface area (Å²) in [5.41, 5.74) is 6.30. The number of rotatable bonds is 4. The summed E-state index contributed by atoms with van der Waals surface area (Å²) in [5.74, 6) is -0.358. The van der Waals surface area contributed by atoms with Crippen molar-refractivity contribution in [2.45, 2.75) is 25.3 Å². The Kier molecular flexibility index (Phi) is 4.52. The maximum absolute atomic E-state index is 13.9. The van der Waals surface area contributed by atoms with Crippen molar-refractivity contribution in [3.8, 4) is 5.75 Å². The number of piperidine rings is 1. The summed E-state index contributed by atoms with van der Waals surface area (Å²) in [6.07, 6.45) is -0.708. The van der Waals surface area contributed by atoms with Gasteiger partial charge in [-0.3, -0.25) is 0 Å². The first-order chi connectivity index (χ1) is 9.06. The van der Waals surface area contributed by atoms with Gasteiger partial charge < -0.3 is 15.4 Å². The Balaban J connectivity index is 2.06. The molecule has 0 aromatic heterocycles. The standard InChI is InChI=1S/C13H17F3N2O/c14-11-6-10(19-8-13(15)16)3-4-12(11)18-5-1-2-9(17)7-18/h3-4,6,9,13H,1-2,5,7-8,17H2. The zero-order chi connectivity index (χ0) is 13.8. The van der Waals surface area contributed by atoms with Gasteiger partial charge in [-0.2, -0.15) is 0 Å². The Labute approximate surface area is 110 Å². The largest absolute Gasteiger partial charge is 0.488 e. The molecular weight excluding hydrogens is 257 g/mol. The van der Waals surface area contributed by atoms with Crippen LogP contribution in [0.2, 0.25) is 0 Å². The monoisotopic (exact) mass is 274 g/mol. The molecule has 1 atom stereocenters. The lowest BCUT2D eigenvalue weighted by Gasteiger charge is -2.32. The summed E-state index contributed by atoms with van der Waals surface area (Å²) in [5, 5.41) is 0. The summed E-state index contributed by atoms with van der Waals surface area (Å²) in [7, 11) is 0. The molecule has 0 bridgehead atoms. The van der Waals surface area contributed by atoms with Crippen LogP contribution >= 0.6 is 0 Å². The molecule has 3 nitrogen and oxygen atoms in total. The van der Waals surface area contributed by atoms with E-state index in [9.17, 15) is 13.2 Å². The molecule has 19 heavy (non-hydrogen) atoms. The third-order valence-corrected chi connectivity index (χ3v) is 3.09. The lowest BCUT2D eigenvalue weighted by molar-refractivity contribution is 0.0817. The van der Waals surface area contributed by atoms with Gasteiger partial charge in [-0.25, -0.2) is 13.2 Å².